The molecule has 2 aliphatic rings. The van der Waals surface area contributed by atoms with Crippen molar-refractivity contribution in [2.24, 2.45) is 11.8 Å². The first-order valence-corrected chi connectivity index (χ1v) is 12.6. The molecule has 4 unspecified atom stereocenters. The number of fused-ring (bicyclic) bond motifs is 1. The Morgan fingerprint density at radius 1 is 1.05 bits per heavy atom. The topological polar surface area (TPSA) is 159 Å². The molecule has 2 aliphatic heterocycles. The molecule has 3 aromatic carbocycles. The van der Waals surface area contributed by atoms with E-state index < -0.39 is 51.8 Å². The fourth-order valence-corrected chi connectivity index (χ4v) is 5.83. The molecule has 3 N–H and O–H groups in total. The van der Waals surface area contributed by atoms with Crippen LogP contribution in [0, 0.1) is 28.9 Å². The van der Waals surface area contributed by atoms with Crippen molar-refractivity contribution >= 4 is 40.8 Å². The molecular formula is C29H26N4O7. The normalized spacial score (nSPS) is 23.6. The van der Waals surface area contributed by atoms with Gasteiger partial charge >= 0.3 is 5.97 Å². The van der Waals surface area contributed by atoms with E-state index >= 15 is 0 Å². The van der Waals surface area contributed by atoms with Crippen molar-refractivity contribution in [2.75, 3.05) is 10.2 Å². The van der Waals surface area contributed by atoms with Gasteiger partial charge in [-0.3, -0.25) is 34.6 Å². The molecule has 11 nitrogen and oxygen atoms in total. The van der Waals surface area contributed by atoms with E-state index in [1.165, 1.54) is 19.1 Å². The van der Waals surface area contributed by atoms with Crippen molar-refractivity contribution in [3.05, 3.63) is 99.6 Å². The van der Waals surface area contributed by atoms with Crippen LogP contribution in [-0.2, 0) is 25.6 Å². The number of nitro groups is 1. The zero-order chi connectivity index (χ0) is 28.8. The number of carbonyl (C=O) groups excluding carboxylic acids is 3. The lowest BCUT2D eigenvalue weighted by atomic mass is 9.76. The van der Waals surface area contributed by atoms with Gasteiger partial charge in [0.15, 0.2) is 0 Å². The van der Waals surface area contributed by atoms with Gasteiger partial charge in [-0.15, -0.1) is 0 Å². The number of aliphatic carboxylic acids is 1. The van der Waals surface area contributed by atoms with Crippen LogP contribution in [0.5, 0.6) is 0 Å². The number of aryl methyl sites for hydroxylation is 1. The van der Waals surface area contributed by atoms with Crippen molar-refractivity contribution < 1.29 is 29.2 Å². The molecular weight excluding hydrogens is 516 g/mol. The van der Waals surface area contributed by atoms with Gasteiger partial charge in [-0.2, -0.15) is 0 Å². The number of nitrogens with one attached hydrogen (secondary N) is 2. The number of carbonyl (C=O) groups is 4. The van der Waals surface area contributed by atoms with E-state index in [1.807, 2.05) is 0 Å². The number of carboxylic acids is 1. The Labute approximate surface area is 229 Å². The summed E-state index contributed by atoms with van der Waals surface area (Å²) < 4.78 is 0. The number of rotatable bonds is 7. The largest absolute Gasteiger partial charge is 0.480 e. The lowest BCUT2D eigenvalue weighted by molar-refractivity contribution is -0.384. The molecule has 0 radical (unpaired) electrons. The maximum atomic E-state index is 14.1. The molecule has 0 aliphatic carbocycles. The molecule has 2 heterocycles. The second-order valence-electron chi connectivity index (χ2n) is 10.1. The number of nitro benzene ring substituents is 1. The second-order valence-corrected chi connectivity index (χ2v) is 10.1. The summed E-state index contributed by atoms with van der Waals surface area (Å²) in [6.07, 6.45) is -0.104. The van der Waals surface area contributed by atoms with Crippen LogP contribution in [0.4, 0.5) is 17.1 Å². The third-order valence-corrected chi connectivity index (χ3v) is 7.52. The van der Waals surface area contributed by atoms with Gasteiger partial charge in [0.25, 0.3) is 5.69 Å². The van der Waals surface area contributed by atoms with Crippen molar-refractivity contribution in [1.29, 1.82) is 0 Å². The molecule has 5 rings (SSSR count). The molecule has 204 valence electrons. The summed E-state index contributed by atoms with van der Waals surface area (Å²) in [7, 11) is 0. The summed E-state index contributed by atoms with van der Waals surface area (Å²) in [5.41, 5.74) is -0.260. The van der Waals surface area contributed by atoms with E-state index in [1.54, 1.807) is 67.6 Å². The molecule has 0 bridgehead atoms. The minimum Gasteiger partial charge on any atom is -0.480 e. The molecule has 11 heteroatoms. The first kappa shape index (κ1) is 26.7. The van der Waals surface area contributed by atoms with Crippen LogP contribution in [0.25, 0.3) is 0 Å². The molecule has 3 amide bonds. The van der Waals surface area contributed by atoms with Crippen LogP contribution in [-0.4, -0.2) is 39.3 Å². The van der Waals surface area contributed by atoms with Crippen molar-refractivity contribution in [1.82, 2.24) is 5.32 Å². The molecule has 2 saturated heterocycles. The van der Waals surface area contributed by atoms with Crippen LogP contribution in [0.1, 0.15) is 29.7 Å². The van der Waals surface area contributed by atoms with Crippen molar-refractivity contribution in [3.63, 3.8) is 0 Å². The molecule has 0 saturated carbocycles. The highest BCUT2D eigenvalue weighted by molar-refractivity contribution is 6.25. The van der Waals surface area contributed by atoms with Gasteiger partial charge in [0, 0.05) is 31.1 Å². The van der Waals surface area contributed by atoms with E-state index in [4.69, 9.17) is 0 Å². The molecule has 0 spiro atoms. The summed E-state index contributed by atoms with van der Waals surface area (Å²) in [6, 6.07) is 18.6. The molecule has 4 atom stereocenters. The average molecular weight is 543 g/mol. The number of amides is 3. The standard InChI is InChI=1S/C29H26N4O7/c1-16-8-13-21(22(14-16)33(39)40)32-26(35)23-24(27(32)36)29(28(37)38,15-18-6-4-3-5-7-18)31-25(23)19-9-11-20(12-10-19)30-17(2)34/h3-14,23-25,31H,15H2,1-2H3,(H,30,34)(H,37,38). The van der Waals surface area contributed by atoms with Gasteiger partial charge in [-0.1, -0.05) is 48.5 Å². The number of benzene rings is 3. The van der Waals surface area contributed by atoms with Crippen LogP contribution < -0.4 is 15.5 Å². The molecule has 40 heavy (non-hydrogen) atoms. The van der Waals surface area contributed by atoms with E-state index in [2.05, 4.69) is 10.6 Å². The van der Waals surface area contributed by atoms with Crippen LogP contribution in [0.3, 0.4) is 0 Å². The van der Waals surface area contributed by atoms with Crippen LogP contribution >= 0.6 is 0 Å². The summed E-state index contributed by atoms with van der Waals surface area (Å²) in [4.78, 5) is 64.5. The maximum Gasteiger partial charge on any atom is 0.325 e. The number of carboxylic acid groups (broad SMARTS) is 1. The highest BCUT2D eigenvalue weighted by Gasteiger charge is 2.69. The Bertz CT molecular complexity index is 1540. The summed E-state index contributed by atoms with van der Waals surface area (Å²) in [5, 5.41) is 28.3. The van der Waals surface area contributed by atoms with Crippen LogP contribution in [0.15, 0.2) is 72.8 Å². The zero-order valence-electron chi connectivity index (χ0n) is 21.7. The van der Waals surface area contributed by atoms with Gasteiger partial charge in [0.05, 0.1) is 16.8 Å². The predicted molar refractivity (Wildman–Crippen MR) is 144 cm³/mol. The maximum absolute atomic E-state index is 14.1. The fourth-order valence-electron chi connectivity index (χ4n) is 5.83. The van der Waals surface area contributed by atoms with E-state index in [0.29, 0.717) is 22.4 Å². The number of hydrogen-bond acceptors (Lipinski definition) is 7. The minimum atomic E-state index is -1.88. The summed E-state index contributed by atoms with van der Waals surface area (Å²) in [5.74, 6) is -5.62. The van der Waals surface area contributed by atoms with E-state index in [0.717, 1.165) is 4.90 Å². The average Bonchev–Trinajstić information content (AvgIpc) is 3.38. The monoisotopic (exact) mass is 542 g/mol. The Morgan fingerprint density at radius 3 is 2.33 bits per heavy atom. The Hall–Kier alpha value is -4.90. The molecule has 3 aromatic rings. The second kappa shape index (κ2) is 10.0. The Balaban J connectivity index is 1.65. The van der Waals surface area contributed by atoms with Gasteiger partial charge in [-0.05, 0) is 41.8 Å². The predicted octanol–water partition coefficient (Wildman–Crippen LogP) is 3.38. The first-order valence-electron chi connectivity index (χ1n) is 12.6. The minimum absolute atomic E-state index is 0.104. The highest BCUT2D eigenvalue weighted by atomic mass is 16.6. The van der Waals surface area contributed by atoms with Crippen LogP contribution in [0.2, 0.25) is 0 Å². The SMILES string of the molecule is CC(=O)Nc1ccc(C2NC(Cc3ccccc3)(C(=O)O)C3C(=O)N(c4ccc(C)cc4[N+](=O)[O-])C(=O)C23)cc1. The van der Waals surface area contributed by atoms with E-state index in [-0.39, 0.29) is 18.0 Å². The third kappa shape index (κ3) is 4.39. The number of nitrogens with zero attached hydrogens (tertiary/aromatic N) is 2. The Morgan fingerprint density at radius 2 is 1.73 bits per heavy atom. The molecule has 2 fully saturated rings. The summed E-state index contributed by atoms with van der Waals surface area (Å²) in [6.45, 7) is 3.02. The number of hydrogen-bond donors (Lipinski definition) is 3. The lowest BCUT2D eigenvalue weighted by Crippen LogP contribution is -2.57. The fraction of sp³-hybridized carbons (Fsp3) is 0.241. The third-order valence-electron chi connectivity index (χ3n) is 7.52. The van der Waals surface area contributed by atoms with Crippen molar-refractivity contribution in [2.45, 2.75) is 31.8 Å². The van der Waals surface area contributed by atoms with Gasteiger partial charge in [0.2, 0.25) is 17.7 Å². The summed E-state index contributed by atoms with van der Waals surface area (Å²) >= 11 is 0. The molecule has 0 aromatic heterocycles. The first-order chi connectivity index (χ1) is 19.0. The number of imide groups is 1. The highest BCUT2D eigenvalue weighted by Crippen LogP contribution is 2.52. The van der Waals surface area contributed by atoms with Gasteiger partial charge in [0.1, 0.15) is 11.2 Å². The van der Waals surface area contributed by atoms with Gasteiger partial charge in [-0.25, -0.2) is 4.90 Å². The number of anilines is 2. The Kier molecular flexibility index (Phi) is 6.68. The van der Waals surface area contributed by atoms with Gasteiger partial charge < -0.3 is 10.4 Å². The van der Waals surface area contributed by atoms with E-state index in [9.17, 15) is 34.4 Å². The zero-order valence-corrected chi connectivity index (χ0v) is 21.7. The quantitative estimate of drug-likeness (QED) is 0.233. The smallest absolute Gasteiger partial charge is 0.325 e. The lowest BCUT2D eigenvalue weighted by Gasteiger charge is -2.31. The van der Waals surface area contributed by atoms with Crippen molar-refractivity contribution in [3.8, 4) is 0 Å².